The van der Waals surface area contributed by atoms with Gasteiger partial charge in [0.25, 0.3) is 5.91 Å². The van der Waals surface area contributed by atoms with Crippen molar-refractivity contribution in [3.63, 3.8) is 0 Å². The van der Waals surface area contributed by atoms with E-state index >= 15 is 0 Å². The van der Waals surface area contributed by atoms with Crippen LogP contribution in [0.2, 0.25) is 0 Å². The molecule has 0 spiro atoms. The Morgan fingerprint density at radius 1 is 1.27 bits per heavy atom. The molecule has 1 aromatic carbocycles. The Kier molecular flexibility index (Phi) is 5.96. The summed E-state index contributed by atoms with van der Waals surface area (Å²) in [6.07, 6.45) is 0.913. The molecule has 7 heteroatoms. The summed E-state index contributed by atoms with van der Waals surface area (Å²) in [5.74, 6) is 0.0630. The number of aromatic amines is 1. The van der Waals surface area contributed by atoms with E-state index in [4.69, 9.17) is 0 Å². The van der Waals surface area contributed by atoms with E-state index in [1.54, 1.807) is 0 Å². The van der Waals surface area contributed by atoms with Crippen LogP contribution in [0.1, 0.15) is 34.2 Å². The van der Waals surface area contributed by atoms with Gasteiger partial charge in [0.15, 0.2) is 5.69 Å². The highest BCUT2D eigenvalue weighted by Crippen LogP contribution is 2.20. The second-order valence-corrected chi connectivity index (χ2v) is 7.02. The number of nitrogens with zero attached hydrogens (tertiary/aromatic N) is 3. The first-order chi connectivity index (χ1) is 12.2. The number of carbonyl (C=O) groups excluding carboxylic acids is 1. The van der Waals surface area contributed by atoms with Crippen molar-refractivity contribution in [1.29, 1.82) is 0 Å². The Bertz CT molecular complexity index is 748. The van der Waals surface area contributed by atoms with E-state index < -0.39 is 0 Å². The average molecular weight is 376 g/mol. The molecular weight excluding hydrogens is 350 g/mol. The maximum absolute atomic E-state index is 13.0. The number of benzene rings is 1. The van der Waals surface area contributed by atoms with E-state index in [9.17, 15) is 4.79 Å². The maximum Gasteiger partial charge on any atom is 0.275 e. The minimum absolute atomic E-state index is 0. The van der Waals surface area contributed by atoms with Crippen LogP contribution in [-0.2, 0) is 19.5 Å². The second kappa shape index (κ2) is 8.20. The van der Waals surface area contributed by atoms with E-state index in [2.05, 4.69) is 51.6 Å². The van der Waals surface area contributed by atoms with Crippen molar-refractivity contribution in [3.05, 3.63) is 52.8 Å². The second-order valence-electron chi connectivity index (χ2n) is 7.02. The average Bonchev–Trinajstić information content (AvgIpc) is 3.06. The third-order valence-electron chi connectivity index (χ3n) is 5.23. The molecule has 6 nitrogen and oxygen atoms in total. The van der Waals surface area contributed by atoms with Crippen LogP contribution in [0.15, 0.2) is 30.3 Å². The SMILES string of the molecule is CC1CN(Cc2ccccc2)CCN1C(=O)c1n[nH]c2c1CNCC2.Cl. The van der Waals surface area contributed by atoms with E-state index in [-0.39, 0.29) is 24.4 Å². The van der Waals surface area contributed by atoms with Gasteiger partial charge in [0.1, 0.15) is 0 Å². The van der Waals surface area contributed by atoms with Crippen LogP contribution in [-0.4, -0.2) is 58.1 Å². The predicted octanol–water partition coefficient (Wildman–Crippen LogP) is 1.82. The molecule has 1 fully saturated rings. The molecule has 0 radical (unpaired) electrons. The quantitative estimate of drug-likeness (QED) is 0.859. The molecule has 0 aliphatic carbocycles. The van der Waals surface area contributed by atoms with Crippen LogP contribution in [0.5, 0.6) is 0 Å². The van der Waals surface area contributed by atoms with Gasteiger partial charge in [-0.05, 0) is 12.5 Å². The number of nitrogens with one attached hydrogen (secondary N) is 2. The third-order valence-corrected chi connectivity index (χ3v) is 5.23. The van der Waals surface area contributed by atoms with Crippen molar-refractivity contribution < 1.29 is 4.79 Å². The molecule has 26 heavy (non-hydrogen) atoms. The molecule has 2 N–H and O–H groups in total. The van der Waals surface area contributed by atoms with Crippen LogP contribution < -0.4 is 5.32 Å². The molecule has 2 aliphatic rings. The Hall–Kier alpha value is -1.89. The number of hydrogen-bond acceptors (Lipinski definition) is 4. The van der Waals surface area contributed by atoms with Crippen molar-refractivity contribution >= 4 is 18.3 Å². The zero-order valence-corrected chi connectivity index (χ0v) is 15.9. The summed E-state index contributed by atoms with van der Waals surface area (Å²) in [6, 6.07) is 10.7. The van der Waals surface area contributed by atoms with E-state index in [0.717, 1.165) is 56.9 Å². The number of halogens is 1. The molecule has 1 atom stereocenters. The van der Waals surface area contributed by atoms with E-state index in [1.807, 2.05) is 11.0 Å². The van der Waals surface area contributed by atoms with Gasteiger partial charge in [-0.2, -0.15) is 5.10 Å². The van der Waals surface area contributed by atoms with Gasteiger partial charge in [-0.3, -0.25) is 14.8 Å². The number of H-pyrrole nitrogens is 1. The number of piperazine rings is 1. The van der Waals surface area contributed by atoms with Crippen LogP contribution >= 0.6 is 12.4 Å². The lowest BCUT2D eigenvalue weighted by Gasteiger charge is -2.39. The highest BCUT2D eigenvalue weighted by atomic mass is 35.5. The smallest absolute Gasteiger partial charge is 0.275 e. The summed E-state index contributed by atoms with van der Waals surface area (Å²) >= 11 is 0. The summed E-state index contributed by atoms with van der Waals surface area (Å²) in [5, 5.41) is 10.7. The summed E-state index contributed by atoms with van der Waals surface area (Å²) in [7, 11) is 0. The molecular formula is C19H26ClN5O. The first-order valence-corrected chi connectivity index (χ1v) is 9.06. The Morgan fingerprint density at radius 3 is 2.85 bits per heavy atom. The highest BCUT2D eigenvalue weighted by Gasteiger charge is 2.31. The minimum atomic E-state index is 0. The third kappa shape index (κ3) is 3.77. The zero-order chi connectivity index (χ0) is 17.2. The van der Waals surface area contributed by atoms with Crippen molar-refractivity contribution in [1.82, 2.24) is 25.3 Å². The fourth-order valence-corrected chi connectivity index (χ4v) is 3.86. The van der Waals surface area contributed by atoms with E-state index in [1.165, 1.54) is 5.56 Å². The molecule has 1 saturated heterocycles. The number of amides is 1. The van der Waals surface area contributed by atoms with Crippen molar-refractivity contribution in [2.45, 2.75) is 32.5 Å². The van der Waals surface area contributed by atoms with E-state index in [0.29, 0.717) is 5.69 Å². The van der Waals surface area contributed by atoms with Crippen LogP contribution in [0.3, 0.4) is 0 Å². The topological polar surface area (TPSA) is 64.3 Å². The van der Waals surface area contributed by atoms with Crippen LogP contribution in [0, 0.1) is 0 Å². The lowest BCUT2D eigenvalue weighted by atomic mass is 10.1. The lowest BCUT2D eigenvalue weighted by Crippen LogP contribution is -2.53. The number of fused-ring (bicyclic) bond motifs is 1. The molecule has 2 aromatic rings. The molecule has 1 amide bonds. The standard InChI is InChI=1S/C19H25N5O.ClH/c1-14-12-23(13-15-5-3-2-4-6-15)9-10-24(14)19(25)18-16-11-20-8-7-17(16)21-22-18;/h2-6,14,20H,7-13H2,1H3,(H,21,22);1H. The fourth-order valence-electron chi connectivity index (χ4n) is 3.86. The number of carbonyl (C=O) groups is 1. The monoisotopic (exact) mass is 375 g/mol. The first kappa shape index (κ1) is 18.9. The summed E-state index contributed by atoms with van der Waals surface area (Å²) in [5.41, 5.74) is 4.08. The largest absolute Gasteiger partial charge is 0.332 e. The van der Waals surface area contributed by atoms with Gasteiger partial charge in [-0.25, -0.2) is 0 Å². The van der Waals surface area contributed by atoms with Gasteiger partial charge in [0.05, 0.1) is 0 Å². The molecule has 0 saturated carbocycles. The summed E-state index contributed by atoms with van der Waals surface area (Å²) in [6.45, 7) is 7.29. The van der Waals surface area contributed by atoms with Crippen LogP contribution in [0.4, 0.5) is 0 Å². The highest BCUT2D eigenvalue weighted by molar-refractivity contribution is 5.94. The normalized spacial score (nSPS) is 20.3. The molecule has 1 unspecified atom stereocenters. The van der Waals surface area contributed by atoms with Crippen molar-refractivity contribution in [2.24, 2.45) is 0 Å². The molecule has 2 aliphatic heterocycles. The Morgan fingerprint density at radius 2 is 2.08 bits per heavy atom. The van der Waals surface area contributed by atoms with Crippen molar-refractivity contribution in [3.8, 4) is 0 Å². The summed E-state index contributed by atoms with van der Waals surface area (Å²) < 4.78 is 0. The van der Waals surface area contributed by atoms with Gasteiger partial charge in [-0.15, -0.1) is 12.4 Å². The molecule has 3 heterocycles. The predicted molar refractivity (Wildman–Crippen MR) is 103 cm³/mol. The summed E-state index contributed by atoms with van der Waals surface area (Å²) in [4.78, 5) is 17.4. The molecule has 0 bridgehead atoms. The van der Waals surface area contributed by atoms with Gasteiger partial charge >= 0.3 is 0 Å². The minimum Gasteiger partial charge on any atom is -0.332 e. The molecule has 4 rings (SSSR count). The Balaban J connectivity index is 0.00000196. The fraction of sp³-hybridized carbons (Fsp3) is 0.474. The number of aromatic nitrogens is 2. The zero-order valence-electron chi connectivity index (χ0n) is 15.1. The maximum atomic E-state index is 13.0. The van der Waals surface area contributed by atoms with Gasteiger partial charge in [-0.1, -0.05) is 30.3 Å². The van der Waals surface area contributed by atoms with Gasteiger partial charge in [0, 0.05) is 63.0 Å². The first-order valence-electron chi connectivity index (χ1n) is 9.06. The Labute approximate surface area is 160 Å². The lowest BCUT2D eigenvalue weighted by molar-refractivity contribution is 0.0469. The number of rotatable bonds is 3. The van der Waals surface area contributed by atoms with Crippen molar-refractivity contribution in [2.75, 3.05) is 26.2 Å². The van der Waals surface area contributed by atoms with Crippen LogP contribution in [0.25, 0.3) is 0 Å². The van der Waals surface area contributed by atoms with Gasteiger partial charge in [0.2, 0.25) is 0 Å². The number of hydrogen-bond donors (Lipinski definition) is 2. The van der Waals surface area contributed by atoms with Gasteiger partial charge < -0.3 is 10.2 Å². The molecule has 1 aromatic heterocycles. The molecule has 140 valence electrons.